The molecule has 0 bridgehead atoms. The first-order chi connectivity index (χ1) is 4.31. The number of rotatable bonds is 5. The molecule has 0 fully saturated rings. The van der Waals surface area contributed by atoms with Gasteiger partial charge >= 0.3 is 0 Å². The molecule has 0 amide bonds. The molecule has 9 heavy (non-hydrogen) atoms. The molecule has 1 N–H and O–H groups in total. The van der Waals surface area contributed by atoms with Crippen LogP contribution in [-0.4, -0.2) is 15.5 Å². The zero-order valence-electron chi connectivity index (χ0n) is 6.91. The van der Waals surface area contributed by atoms with Crippen LogP contribution in [0.3, 0.4) is 0 Å². The normalized spacial score (nSPS) is 13.7. The number of nitrogens with one attached hydrogen (secondary N) is 1. The monoisotopic (exact) mass is 145 g/mol. The minimum atomic E-state index is -0.470. The van der Waals surface area contributed by atoms with Gasteiger partial charge in [0.15, 0.2) is 0 Å². The van der Waals surface area contributed by atoms with Crippen molar-refractivity contribution in [1.29, 1.82) is 0 Å². The molecule has 0 aromatic carbocycles. The Balaban J connectivity index is 2.95. The summed E-state index contributed by atoms with van der Waals surface area (Å²) in [5.74, 6) is 0. The van der Waals surface area contributed by atoms with Gasteiger partial charge in [0, 0.05) is 0 Å². The van der Waals surface area contributed by atoms with Crippen molar-refractivity contribution in [2.75, 3.05) is 6.54 Å². The molecular formula is C7H19NSi. The first-order valence-electron chi connectivity index (χ1n) is 4.04. The Morgan fingerprint density at radius 3 is 2.44 bits per heavy atom. The second-order valence-corrected chi connectivity index (χ2v) is 5.39. The lowest BCUT2D eigenvalue weighted by atomic mass is 10.4. The van der Waals surface area contributed by atoms with Crippen LogP contribution in [0.2, 0.25) is 12.6 Å². The second kappa shape index (κ2) is 6.30. The molecule has 0 saturated heterocycles. The van der Waals surface area contributed by atoms with Crippen LogP contribution in [0.1, 0.15) is 26.7 Å². The van der Waals surface area contributed by atoms with E-state index in [9.17, 15) is 0 Å². The fraction of sp³-hybridized carbons (Fsp3) is 1.00. The third-order valence-electron chi connectivity index (χ3n) is 1.54. The summed E-state index contributed by atoms with van der Waals surface area (Å²) in [6.45, 7) is 8.00. The third kappa shape index (κ3) is 6.06. The van der Waals surface area contributed by atoms with Gasteiger partial charge in [-0.3, -0.25) is 0 Å². The van der Waals surface area contributed by atoms with E-state index in [4.69, 9.17) is 0 Å². The maximum absolute atomic E-state index is 3.52. The molecule has 0 aliphatic carbocycles. The first-order valence-corrected chi connectivity index (χ1v) is 6.59. The molecule has 0 radical (unpaired) electrons. The number of hydrogen-bond acceptors (Lipinski definition) is 1. The van der Waals surface area contributed by atoms with Crippen molar-refractivity contribution in [2.45, 2.75) is 39.3 Å². The maximum atomic E-state index is 3.52. The van der Waals surface area contributed by atoms with E-state index in [1.54, 1.807) is 0 Å². The first kappa shape index (κ1) is 9.18. The number of unbranched alkanes of at least 4 members (excludes halogenated alkanes) is 1. The summed E-state index contributed by atoms with van der Waals surface area (Å²) in [7, 11) is -0.470. The van der Waals surface area contributed by atoms with Crippen LogP contribution in [0.25, 0.3) is 0 Å². The largest absolute Gasteiger partial charge is 0.340 e. The van der Waals surface area contributed by atoms with E-state index in [-0.39, 0.29) is 0 Å². The third-order valence-corrected chi connectivity index (χ3v) is 3.92. The van der Waals surface area contributed by atoms with Crippen LogP contribution in [-0.2, 0) is 0 Å². The van der Waals surface area contributed by atoms with Gasteiger partial charge in [0.25, 0.3) is 0 Å². The zero-order valence-corrected chi connectivity index (χ0v) is 8.06. The molecule has 0 aromatic rings. The van der Waals surface area contributed by atoms with Crippen molar-refractivity contribution < 1.29 is 0 Å². The molecule has 0 rings (SSSR count). The molecule has 1 unspecified atom stereocenters. The van der Waals surface area contributed by atoms with Gasteiger partial charge in [-0.05, 0) is 12.6 Å². The van der Waals surface area contributed by atoms with E-state index in [0.29, 0.717) is 0 Å². The molecule has 0 aliphatic heterocycles. The SMILES string of the molecule is CCCC[SiH](C)NCC. The topological polar surface area (TPSA) is 12.0 Å². The Morgan fingerprint density at radius 2 is 2.00 bits per heavy atom. The molecule has 0 aromatic heterocycles. The number of hydrogen-bond donors (Lipinski definition) is 1. The standard InChI is InChI=1S/C7H19NSi/c1-4-6-7-9(3)8-5-2/h8-9H,4-7H2,1-3H3. The van der Waals surface area contributed by atoms with Crippen LogP contribution in [0.15, 0.2) is 0 Å². The van der Waals surface area contributed by atoms with E-state index in [1.807, 2.05) is 0 Å². The average molecular weight is 145 g/mol. The van der Waals surface area contributed by atoms with Crippen LogP contribution in [0, 0.1) is 0 Å². The lowest BCUT2D eigenvalue weighted by Gasteiger charge is -2.07. The Labute approximate surface area is 60.5 Å². The van der Waals surface area contributed by atoms with Gasteiger partial charge in [0.1, 0.15) is 8.96 Å². The fourth-order valence-corrected chi connectivity index (χ4v) is 2.88. The molecule has 0 saturated carbocycles. The lowest BCUT2D eigenvalue weighted by Crippen LogP contribution is -2.29. The minimum absolute atomic E-state index is 0.470. The van der Waals surface area contributed by atoms with E-state index in [2.05, 4.69) is 25.4 Å². The van der Waals surface area contributed by atoms with E-state index in [1.165, 1.54) is 18.9 Å². The Morgan fingerprint density at radius 1 is 1.33 bits per heavy atom. The summed E-state index contributed by atoms with van der Waals surface area (Å²) in [5, 5.41) is 0. The predicted octanol–water partition coefficient (Wildman–Crippen LogP) is 1.75. The van der Waals surface area contributed by atoms with Crippen molar-refractivity contribution in [1.82, 2.24) is 4.98 Å². The van der Waals surface area contributed by atoms with Gasteiger partial charge in [-0.1, -0.05) is 33.2 Å². The molecule has 0 aliphatic rings. The van der Waals surface area contributed by atoms with Gasteiger partial charge in [-0.25, -0.2) is 0 Å². The highest BCUT2D eigenvalue weighted by Gasteiger charge is 1.98. The summed E-state index contributed by atoms with van der Waals surface area (Å²) in [6, 6.07) is 1.46. The Hall–Kier alpha value is 0.177. The highest BCUT2D eigenvalue weighted by Crippen LogP contribution is 1.97. The highest BCUT2D eigenvalue weighted by molar-refractivity contribution is 6.54. The fourth-order valence-electron chi connectivity index (χ4n) is 0.961. The smallest absolute Gasteiger partial charge is 0.105 e. The second-order valence-electron chi connectivity index (χ2n) is 2.60. The van der Waals surface area contributed by atoms with Crippen molar-refractivity contribution in [3.63, 3.8) is 0 Å². The van der Waals surface area contributed by atoms with E-state index in [0.717, 1.165) is 6.54 Å². The summed E-state index contributed by atoms with van der Waals surface area (Å²) in [6.07, 6.45) is 2.77. The molecular weight excluding hydrogens is 126 g/mol. The van der Waals surface area contributed by atoms with Gasteiger partial charge in [0.05, 0.1) is 0 Å². The van der Waals surface area contributed by atoms with Crippen molar-refractivity contribution in [2.24, 2.45) is 0 Å². The van der Waals surface area contributed by atoms with Gasteiger partial charge < -0.3 is 4.98 Å². The van der Waals surface area contributed by atoms with Gasteiger partial charge in [-0.2, -0.15) is 0 Å². The summed E-state index contributed by atoms with van der Waals surface area (Å²) in [5.41, 5.74) is 0. The quantitative estimate of drug-likeness (QED) is 0.581. The van der Waals surface area contributed by atoms with Crippen LogP contribution < -0.4 is 4.98 Å². The predicted molar refractivity (Wildman–Crippen MR) is 46.4 cm³/mol. The van der Waals surface area contributed by atoms with E-state index < -0.39 is 8.96 Å². The molecule has 2 heteroatoms. The van der Waals surface area contributed by atoms with Crippen LogP contribution in [0.4, 0.5) is 0 Å². The van der Waals surface area contributed by atoms with Crippen molar-refractivity contribution >= 4 is 8.96 Å². The van der Waals surface area contributed by atoms with E-state index >= 15 is 0 Å². The summed E-state index contributed by atoms with van der Waals surface area (Å²) in [4.78, 5) is 3.52. The lowest BCUT2D eigenvalue weighted by molar-refractivity contribution is 0.854. The average Bonchev–Trinajstić information content (AvgIpc) is 1.85. The van der Waals surface area contributed by atoms with Crippen LogP contribution in [0.5, 0.6) is 0 Å². The Kier molecular flexibility index (Phi) is 6.42. The highest BCUT2D eigenvalue weighted by atomic mass is 28.3. The Bertz CT molecular complexity index is 56.9. The van der Waals surface area contributed by atoms with Gasteiger partial charge in [0.2, 0.25) is 0 Å². The van der Waals surface area contributed by atoms with Crippen LogP contribution >= 0.6 is 0 Å². The summed E-state index contributed by atoms with van der Waals surface area (Å²) < 4.78 is 0. The van der Waals surface area contributed by atoms with Crippen molar-refractivity contribution in [3.05, 3.63) is 0 Å². The van der Waals surface area contributed by atoms with Crippen molar-refractivity contribution in [3.8, 4) is 0 Å². The minimum Gasteiger partial charge on any atom is -0.340 e. The zero-order chi connectivity index (χ0) is 7.11. The van der Waals surface area contributed by atoms with Gasteiger partial charge in [-0.15, -0.1) is 0 Å². The molecule has 0 spiro atoms. The molecule has 1 nitrogen and oxygen atoms in total. The molecule has 56 valence electrons. The molecule has 1 atom stereocenters. The maximum Gasteiger partial charge on any atom is 0.105 e. The molecule has 0 heterocycles. The summed E-state index contributed by atoms with van der Waals surface area (Å²) >= 11 is 0.